The van der Waals surface area contributed by atoms with Crippen LogP contribution in [0.4, 0.5) is 0 Å². The summed E-state index contributed by atoms with van der Waals surface area (Å²) in [5.74, 6) is 0.717. The van der Waals surface area contributed by atoms with Gasteiger partial charge in [0.05, 0.1) is 10.2 Å². The van der Waals surface area contributed by atoms with E-state index in [0.717, 1.165) is 15.4 Å². The lowest BCUT2D eigenvalue weighted by molar-refractivity contribution is 0.0971. The van der Waals surface area contributed by atoms with Crippen molar-refractivity contribution in [3.8, 4) is 0 Å². The van der Waals surface area contributed by atoms with E-state index in [0.29, 0.717) is 5.82 Å². The van der Waals surface area contributed by atoms with E-state index in [2.05, 4.69) is 27.9 Å². The predicted octanol–water partition coefficient (Wildman–Crippen LogP) is 5.29. The number of aryl methyl sites for hydroxylation is 1. The molecule has 2 heterocycles. The average Bonchev–Trinajstić information content (AvgIpc) is 3.01. The minimum absolute atomic E-state index is 0.155. The number of thiazole rings is 1. The fraction of sp³-hybridized carbons (Fsp3) is 0.389. The molecular formula is C18H23N3OS2. The molecule has 0 bridgehead atoms. The van der Waals surface area contributed by atoms with Crippen LogP contribution in [0.25, 0.3) is 10.2 Å². The normalized spacial score (nSPS) is 13.2. The summed E-state index contributed by atoms with van der Waals surface area (Å²) in [6, 6.07) is 8.19. The van der Waals surface area contributed by atoms with Crippen molar-refractivity contribution in [2.45, 2.75) is 43.4 Å². The Labute approximate surface area is 151 Å². The molecule has 1 aromatic carbocycles. The van der Waals surface area contributed by atoms with Gasteiger partial charge >= 0.3 is 0 Å². The van der Waals surface area contributed by atoms with Gasteiger partial charge in [0.25, 0.3) is 0 Å². The van der Waals surface area contributed by atoms with Crippen LogP contribution in [-0.2, 0) is 4.74 Å². The summed E-state index contributed by atoms with van der Waals surface area (Å²) in [6.07, 6.45) is 3.49. The van der Waals surface area contributed by atoms with Gasteiger partial charge in [-0.2, -0.15) is 0 Å². The van der Waals surface area contributed by atoms with Crippen molar-refractivity contribution in [1.82, 2.24) is 15.0 Å². The Hall–Kier alpha value is -1.50. The third-order valence-electron chi connectivity index (χ3n) is 3.30. The number of methoxy groups -OCH3 is 1. The maximum atomic E-state index is 5.62. The van der Waals surface area contributed by atoms with Crippen LogP contribution < -0.4 is 0 Å². The molecule has 0 saturated heterocycles. The zero-order chi connectivity index (χ0) is 17.5. The first-order chi connectivity index (χ1) is 11.7. The third kappa shape index (κ3) is 4.53. The first kappa shape index (κ1) is 18.8. The standard InChI is InChI=1S/C16H17N3OS2.C2H6/c1-10-8-17-15(18-9-10)14(20-3)11(2)21-16-19-12-6-4-5-7-13(12)22-16;1-2/h4-9,11,14H,1-3H3;1-2H3. The molecule has 0 aliphatic rings. The fourth-order valence-electron chi connectivity index (χ4n) is 2.18. The Morgan fingerprint density at radius 1 is 1.12 bits per heavy atom. The van der Waals surface area contributed by atoms with Gasteiger partial charge < -0.3 is 4.74 Å². The fourth-order valence-corrected chi connectivity index (χ4v) is 4.62. The summed E-state index contributed by atoms with van der Waals surface area (Å²) in [5, 5.41) is 0.174. The highest BCUT2D eigenvalue weighted by molar-refractivity contribution is 8.01. The van der Waals surface area contributed by atoms with Gasteiger partial charge in [-0.05, 0) is 31.5 Å². The molecular weight excluding hydrogens is 338 g/mol. The smallest absolute Gasteiger partial charge is 0.158 e. The second kappa shape index (κ2) is 9.11. The Kier molecular flexibility index (Phi) is 7.15. The Morgan fingerprint density at radius 3 is 2.42 bits per heavy atom. The summed E-state index contributed by atoms with van der Waals surface area (Å²) >= 11 is 3.41. The summed E-state index contributed by atoms with van der Waals surface area (Å²) in [5.41, 5.74) is 2.09. The molecule has 0 spiro atoms. The number of rotatable bonds is 5. The molecule has 128 valence electrons. The number of para-hydroxylation sites is 1. The van der Waals surface area contributed by atoms with Crippen LogP contribution in [0.3, 0.4) is 0 Å². The van der Waals surface area contributed by atoms with E-state index < -0.39 is 0 Å². The van der Waals surface area contributed by atoms with E-state index in [1.165, 1.54) is 4.70 Å². The second-order valence-corrected chi connectivity index (χ2v) is 7.70. The SMILES string of the molecule is CC.COC(c1ncc(C)cn1)C(C)Sc1nc2ccccc2s1. The zero-order valence-electron chi connectivity index (χ0n) is 14.7. The van der Waals surface area contributed by atoms with E-state index in [9.17, 15) is 0 Å². The van der Waals surface area contributed by atoms with E-state index in [1.807, 2.05) is 51.4 Å². The summed E-state index contributed by atoms with van der Waals surface area (Å²) in [6.45, 7) is 8.10. The molecule has 0 N–H and O–H groups in total. The monoisotopic (exact) mass is 361 g/mol. The number of hydrogen-bond acceptors (Lipinski definition) is 6. The molecule has 0 saturated carbocycles. The van der Waals surface area contributed by atoms with Crippen molar-refractivity contribution >= 4 is 33.3 Å². The van der Waals surface area contributed by atoms with Crippen LogP contribution in [0.2, 0.25) is 0 Å². The quantitative estimate of drug-likeness (QED) is 0.578. The van der Waals surface area contributed by atoms with Crippen molar-refractivity contribution in [3.63, 3.8) is 0 Å². The van der Waals surface area contributed by atoms with Gasteiger partial charge in [0, 0.05) is 24.8 Å². The average molecular weight is 362 g/mol. The number of hydrogen-bond donors (Lipinski definition) is 0. The molecule has 0 fully saturated rings. The molecule has 24 heavy (non-hydrogen) atoms. The highest BCUT2D eigenvalue weighted by Crippen LogP contribution is 2.36. The molecule has 0 aliphatic heterocycles. The molecule has 2 aromatic heterocycles. The molecule has 0 amide bonds. The molecule has 0 radical (unpaired) electrons. The molecule has 6 heteroatoms. The lowest BCUT2D eigenvalue weighted by atomic mass is 10.2. The van der Waals surface area contributed by atoms with Crippen molar-refractivity contribution in [2.75, 3.05) is 7.11 Å². The van der Waals surface area contributed by atoms with Crippen molar-refractivity contribution in [1.29, 1.82) is 0 Å². The summed E-state index contributed by atoms with van der Waals surface area (Å²) in [4.78, 5) is 13.4. The molecule has 2 atom stereocenters. The van der Waals surface area contributed by atoms with Crippen molar-refractivity contribution < 1.29 is 4.74 Å². The number of ether oxygens (including phenoxy) is 1. The highest BCUT2D eigenvalue weighted by Gasteiger charge is 2.23. The maximum Gasteiger partial charge on any atom is 0.158 e. The number of nitrogens with zero attached hydrogens (tertiary/aromatic N) is 3. The van der Waals surface area contributed by atoms with E-state index in [-0.39, 0.29) is 11.4 Å². The Morgan fingerprint density at radius 2 is 1.79 bits per heavy atom. The van der Waals surface area contributed by atoms with Crippen LogP contribution in [0.15, 0.2) is 41.0 Å². The number of fused-ring (bicyclic) bond motifs is 1. The van der Waals surface area contributed by atoms with Gasteiger partial charge in [-0.3, -0.25) is 0 Å². The number of benzene rings is 1. The molecule has 3 aromatic rings. The lowest BCUT2D eigenvalue weighted by Crippen LogP contribution is -2.17. The summed E-state index contributed by atoms with van der Waals surface area (Å²) in [7, 11) is 1.70. The first-order valence-corrected chi connectivity index (χ1v) is 9.70. The maximum absolute atomic E-state index is 5.62. The van der Waals surface area contributed by atoms with Crippen LogP contribution in [0.5, 0.6) is 0 Å². The number of thioether (sulfide) groups is 1. The van der Waals surface area contributed by atoms with Crippen molar-refractivity contribution in [2.24, 2.45) is 0 Å². The van der Waals surface area contributed by atoms with Crippen LogP contribution >= 0.6 is 23.1 Å². The second-order valence-electron chi connectivity index (χ2n) is 5.05. The largest absolute Gasteiger partial charge is 0.372 e. The minimum atomic E-state index is -0.155. The van der Waals surface area contributed by atoms with Gasteiger partial charge in [0.2, 0.25) is 0 Å². The Bertz CT molecular complexity index is 725. The van der Waals surface area contributed by atoms with Gasteiger partial charge in [-0.25, -0.2) is 15.0 Å². The minimum Gasteiger partial charge on any atom is -0.372 e. The van der Waals surface area contributed by atoms with E-state index in [1.54, 1.807) is 30.2 Å². The molecule has 3 rings (SSSR count). The number of aromatic nitrogens is 3. The van der Waals surface area contributed by atoms with Gasteiger partial charge in [-0.15, -0.1) is 11.3 Å². The van der Waals surface area contributed by atoms with Gasteiger partial charge in [0.1, 0.15) is 6.10 Å². The van der Waals surface area contributed by atoms with E-state index >= 15 is 0 Å². The third-order valence-corrected chi connectivity index (χ3v) is 5.58. The Balaban J connectivity index is 0.00000100. The molecule has 2 unspecified atom stereocenters. The van der Waals surface area contributed by atoms with Crippen LogP contribution in [0.1, 0.15) is 38.3 Å². The molecule has 4 nitrogen and oxygen atoms in total. The molecule has 0 aliphatic carbocycles. The van der Waals surface area contributed by atoms with Crippen LogP contribution in [-0.4, -0.2) is 27.3 Å². The van der Waals surface area contributed by atoms with E-state index in [4.69, 9.17) is 4.74 Å². The van der Waals surface area contributed by atoms with Gasteiger partial charge in [0.15, 0.2) is 10.2 Å². The van der Waals surface area contributed by atoms with Crippen LogP contribution in [0, 0.1) is 6.92 Å². The topological polar surface area (TPSA) is 47.9 Å². The zero-order valence-corrected chi connectivity index (χ0v) is 16.3. The predicted molar refractivity (Wildman–Crippen MR) is 103 cm³/mol. The van der Waals surface area contributed by atoms with Gasteiger partial charge in [-0.1, -0.05) is 37.7 Å². The lowest BCUT2D eigenvalue weighted by Gasteiger charge is -2.19. The van der Waals surface area contributed by atoms with Crippen molar-refractivity contribution in [3.05, 3.63) is 48.0 Å². The first-order valence-electron chi connectivity index (χ1n) is 8.01. The summed E-state index contributed by atoms with van der Waals surface area (Å²) < 4.78 is 7.87. The highest BCUT2D eigenvalue weighted by atomic mass is 32.2.